The summed E-state index contributed by atoms with van der Waals surface area (Å²) in [4.78, 5) is 11.8. The Morgan fingerprint density at radius 3 is 2.42 bits per heavy atom. The molecule has 2 aromatic carbocycles. The Morgan fingerprint density at radius 1 is 1.12 bits per heavy atom. The first kappa shape index (κ1) is 19.8. The van der Waals surface area contributed by atoms with Gasteiger partial charge < -0.3 is 5.32 Å². The van der Waals surface area contributed by atoms with Crippen molar-refractivity contribution in [2.75, 3.05) is 11.3 Å². The van der Waals surface area contributed by atoms with Crippen LogP contribution in [0, 0.1) is 6.92 Å². The summed E-state index contributed by atoms with van der Waals surface area (Å²) in [6.07, 6.45) is -4.59. The number of amides is 1. The minimum absolute atomic E-state index is 0.179. The van der Waals surface area contributed by atoms with Crippen LogP contribution in [0.2, 0.25) is 0 Å². The Bertz CT molecular complexity index is 925. The van der Waals surface area contributed by atoms with Crippen LogP contribution in [-0.2, 0) is 16.2 Å². The van der Waals surface area contributed by atoms with Gasteiger partial charge in [0.15, 0.2) is 0 Å². The van der Waals surface area contributed by atoms with Crippen molar-refractivity contribution in [2.45, 2.75) is 24.9 Å². The third-order valence-corrected chi connectivity index (χ3v) is 4.92. The minimum atomic E-state index is -4.59. The molecule has 0 aliphatic heterocycles. The maximum absolute atomic E-state index is 12.8. The molecule has 26 heavy (non-hydrogen) atoms. The molecule has 0 heterocycles. The van der Waals surface area contributed by atoms with Crippen LogP contribution in [0.1, 0.15) is 28.4 Å². The Morgan fingerprint density at radius 2 is 1.81 bits per heavy atom. The number of aryl methyl sites for hydroxylation is 1. The van der Waals surface area contributed by atoms with Gasteiger partial charge >= 0.3 is 6.18 Å². The van der Waals surface area contributed by atoms with Crippen LogP contribution in [0.5, 0.6) is 0 Å². The Labute approximate surface area is 149 Å². The summed E-state index contributed by atoms with van der Waals surface area (Å²) in [7, 11) is -4.16. The Hall–Kier alpha value is -2.55. The zero-order chi connectivity index (χ0) is 19.5. The molecule has 0 saturated carbocycles. The standard InChI is InChI=1S/C17H17F3N2O3S/c1-3-21-16(23)15-10-14(8-7-11(15)2)26(24,25)22-13-6-4-5-12(9-13)17(18,19)20/h4-10,22H,3H2,1-2H3,(H,21,23). The van der Waals surface area contributed by atoms with Crippen molar-refractivity contribution in [3.05, 3.63) is 59.2 Å². The molecular formula is C17H17F3N2O3S. The van der Waals surface area contributed by atoms with Crippen LogP contribution in [0.15, 0.2) is 47.4 Å². The lowest BCUT2D eigenvalue weighted by atomic mass is 10.1. The summed E-state index contributed by atoms with van der Waals surface area (Å²) in [5.41, 5.74) is -0.433. The average molecular weight is 386 g/mol. The molecule has 2 aromatic rings. The summed E-state index contributed by atoms with van der Waals surface area (Å²) in [6.45, 7) is 3.75. The van der Waals surface area contributed by atoms with E-state index >= 15 is 0 Å². The van der Waals surface area contributed by atoms with Gasteiger partial charge in [-0.1, -0.05) is 12.1 Å². The summed E-state index contributed by atoms with van der Waals surface area (Å²) in [5.74, 6) is -0.430. The van der Waals surface area contributed by atoms with Crippen molar-refractivity contribution in [2.24, 2.45) is 0 Å². The number of rotatable bonds is 5. The molecule has 0 atom stereocenters. The molecule has 2 N–H and O–H groups in total. The second kappa shape index (κ2) is 7.36. The van der Waals surface area contributed by atoms with Crippen LogP contribution < -0.4 is 10.0 Å². The first-order valence-electron chi connectivity index (χ1n) is 7.63. The fraction of sp³-hybridized carbons (Fsp3) is 0.235. The summed E-state index contributed by atoms with van der Waals surface area (Å²) >= 11 is 0. The average Bonchev–Trinajstić information content (AvgIpc) is 2.54. The van der Waals surface area contributed by atoms with Gasteiger partial charge in [0.2, 0.25) is 0 Å². The number of carbonyl (C=O) groups is 1. The highest BCUT2D eigenvalue weighted by Crippen LogP contribution is 2.31. The maximum atomic E-state index is 12.8. The van der Waals surface area contributed by atoms with E-state index in [1.807, 2.05) is 0 Å². The van der Waals surface area contributed by atoms with Gasteiger partial charge in [0.1, 0.15) is 0 Å². The van der Waals surface area contributed by atoms with E-state index in [-0.39, 0.29) is 16.1 Å². The predicted molar refractivity (Wildman–Crippen MR) is 91.4 cm³/mol. The highest BCUT2D eigenvalue weighted by molar-refractivity contribution is 7.92. The number of halogens is 3. The lowest BCUT2D eigenvalue weighted by molar-refractivity contribution is -0.137. The number of nitrogens with one attached hydrogen (secondary N) is 2. The van der Waals surface area contributed by atoms with Crippen LogP contribution >= 0.6 is 0 Å². The number of sulfonamides is 1. The molecule has 0 aliphatic carbocycles. The molecule has 0 fully saturated rings. The number of benzene rings is 2. The minimum Gasteiger partial charge on any atom is -0.352 e. The molecule has 0 bridgehead atoms. The van der Waals surface area contributed by atoms with Crippen molar-refractivity contribution in [3.63, 3.8) is 0 Å². The number of alkyl halides is 3. The van der Waals surface area contributed by atoms with E-state index in [2.05, 4.69) is 10.0 Å². The van der Waals surface area contributed by atoms with E-state index in [0.717, 1.165) is 12.1 Å². The lowest BCUT2D eigenvalue weighted by Crippen LogP contribution is -2.24. The monoisotopic (exact) mass is 386 g/mol. The van der Waals surface area contributed by atoms with E-state index in [4.69, 9.17) is 0 Å². The summed E-state index contributed by atoms with van der Waals surface area (Å²) in [6, 6.07) is 7.81. The molecule has 0 unspecified atom stereocenters. The SMILES string of the molecule is CCNC(=O)c1cc(S(=O)(=O)Nc2cccc(C(F)(F)F)c2)ccc1C. The topological polar surface area (TPSA) is 75.3 Å². The molecule has 0 saturated heterocycles. The first-order chi connectivity index (χ1) is 12.0. The third-order valence-electron chi connectivity index (χ3n) is 3.54. The van der Waals surface area contributed by atoms with Gasteiger partial charge in [0, 0.05) is 17.8 Å². The van der Waals surface area contributed by atoms with Gasteiger partial charge in [0.05, 0.1) is 10.5 Å². The third kappa shape index (κ3) is 4.54. The number of hydrogen-bond acceptors (Lipinski definition) is 3. The van der Waals surface area contributed by atoms with Crippen LogP contribution in [0.3, 0.4) is 0 Å². The van der Waals surface area contributed by atoms with Crippen LogP contribution in [0.4, 0.5) is 18.9 Å². The fourth-order valence-corrected chi connectivity index (χ4v) is 3.32. The number of anilines is 1. The normalized spacial score (nSPS) is 11.9. The highest BCUT2D eigenvalue weighted by atomic mass is 32.2. The van der Waals surface area contributed by atoms with Gasteiger partial charge in [-0.2, -0.15) is 13.2 Å². The van der Waals surface area contributed by atoms with Gasteiger partial charge in [-0.3, -0.25) is 9.52 Å². The van der Waals surface area contributed by atoms with E-state index in [0.29, 0.717) is 18.2 Å². The highest BCUT2D eigenvalue weighted by Gasteiger charge is 2.30. The van der Waals surface area contributed by atoms with Crippen LogP contribution in [0.25, 0.3) is 0 Å². The Kier molecular flexibility index (Phi) is 5.60. The lowest BCUT2D eigenvalue weighted by Gasteiger charge is -2.13. The zero-order valence-electron chi connectivity index (χ0n) is 14.0. The quantitative estimate of drug-likeness (QED) is 0.825. The molecule has 1 amide bonds. The second-order valence-electron chi connectivity index (χ2n) is 5.52. The second-order valence-corrected chi connectivity index (χ2v) is 7.20. The van der Waals surface area contributed by atoms with Gasteiger partial charge in [-0.25, -0.2) is 8.42 Å². The van der Waals surface area contributed by atoms with Gasteiger partial charge in [-0.05, 0) is 49.7 Å². The molecule has 0 aromatic heterocycles. The van der Waals surface area contributed by atoms with Crippen molar-refractivity contribution in [3.8, 4) is 0 Å². The fourth-order valence-electron chi connectivity index (χ4n) is 2.24. The van der Waals surface area contributed by atoms with Gasteiger partial charge in [-0.15, -0.1) is 0 Å². The Balaban J connectivity index is 2.37. The smallest absolute Gasteiger partial charge is 0.352 e. The molecule has 0 aliphatic rings. The molecule has 0 spiro atoms. The number of carbonyl (C=O) groups excluding carboxylic acids is 1. The van der Waals surface area contributed by atoms with Crippen molar-refractivity contribution < 1.29 is 26.4 Å². The molecule has 9 heteroatoms. The van der Waals surface area contributed by atoms with Gasteiger partial charge in [0.25, 0.3) is 15.9 Å². The van der Waals surface area contributed by atoms with E-state index in [1.54, 1.807) is 13.8 Å². The van der Waals surface area contributed by atoms with E-state index in [1.165, 1.54) is 24.3 Å². The predicted octanol–water partition coefficient (Wildman–Crippen LogP) is 3.56. The maximum Gasteiger partial charge on any atom is 0.416 e. The summed E-state index contributed by atoms with van der Waals surface area (Å²) in [5, 5.41) is 2.58. The van der Waals surface area contributed by atoms with Crippen molar-refractivity contribution in [1.29, 1.82) is 0 Å². The number of hydrogen-bond donors (Lipinski definition) is 2. The molecule has 2 rings (SSSR count). The zero-order valence-corrected chi connectivity index (χ0v) is 14.8. The first-order valence-corrected chi connectivity index (χ1v) is 9.12. The van der Waals surface area contributed by atoms with E-state index in [9.17, 15) is 26.4 Å². The summed E-state index contributed by atoms with van der Waals surface area (Å²) < 4.78 is 65.4. The van der Waals surface area contributed by atoms with E-state index < -0.39 is 27.7 Å². The molecule has 140 valence electrons. The molecular weight excluding hydrogens is 369 g/mol. The largest absolute Gasteiger partial charge is 0.416 e. The van der Waals surface area contributed by atoms with Crippen LogP contribution in [-0.4, -0.2) is 20.9 Å². The van der Waals surface area contributed by atoms with Crippen molar-refractivity contribution in [1.82, 2.24) is 5.32 Å². The van der Waals surface area contributed by atoms with Crippen molar-refractivity contribution >= 4 is 21.6 Å². The molecule has 0 radical (unpaired) electrons. The molecule has 5 nitrogen and oxygen atoms in total.